The molecule has 36 heavy (non-hydrogen) atoms. The van der Waals surface area contributed by atoms with E-state index in [4.69, 9.17) is 28.6 Å². The molecule has 4 rings (SSSR count). The molecule has 2 aromatic carbocycles. The highest BCUT2D eigenvalue weighted by molar-refractivity contribution is 7.80. The molecular formula is C26H22ClN3O5S. The molecule has 0 saturated carbocycles. The maximum atomic E-state index is 13.4. The van der Waals surface area contributed by atoms with Crippen molar-refractivity contribution in [1.82, 2.24) is 9.88 Å². The lowest BCUT2D eigenvalue weighted by atomic mass is 10.1. The van der Waals surface area contributed by atoms with E-state index in [1.165, 1.54) is 17.0 Å². The van der Waals surface area contributed by atoms with Gasteiger partial charge in [0.1, 0.15) is 11.3 Å². The molecule has 0 aliphatic carbocycles. The van der Waals surface area contributed by atoms with Gasteiger partial charge in [0.15, 0.2) is 5.11 Å². The number of ether oxygens (including phenoxy) is 1. The second-order valence-electron chi connectivity index (χ2n) is 8.02. The number of hydrogen-bond acceptors (Lipinski definition) is 5. The van der Waals surface area contributed by atoms with Crippen LogP contribution in [0.3, 0.4) is 0 Å². The zero-order chi connectivity index (χ0) is 26.1. The van der Waals surface area contributed by atoms with Gasteiger partial charge in [0.25, 0.3) is 11.8 Å². The lowest BCUT2D eigenvalue weighted by Crippen LogP contribution is -2.54. The maximum Gasteiger partial charge on any atom is 0.337 e. The minimum atomic E-state index is -1.12. The molecule has 10 heteroatoms. The Morgan fingerprint density at radius 2 is 1.89 bits per heavy atom. The van der Waals surface area contributed by atoms with E-state index in [2.05, 4.69) is 5.32 Å². The van der Waals surface area contributed by atoms with Crippen LogP contribution in [-0.4, -0.2) is 39.2 Å². The van der Waals surface area contributed by atoms with Crippen molar-refractivity contribution in [3.63, 3.8) is 0 Å². The first-order valence-corrected chi connectivity index (χ1v) is 11.8. The molecule has 0 bridgehead atoms. The van der Waals surface area contributed by atoms with Crippen LogP contribution in [0.15, 0.2) is 54.1 Å². The average Bonchev–Trinajstić information content (AvgIpc) is 3.09. The van der Waals surface area contributed by atoms with Gasteiger partial charge in [-0.2, -0.15) is 0 Å². The van der Waals surface area contributed by atoms with Crippen molar-refractivity contribution < 1.29 is 24.2 Å². The Bertz CT molecular complexity index is 1460. The number of rotatable bonds is 6. The molecule has 0 spiro atoms. The number of nitrogens with one attached hydrogen (secondary N) is 1. The van der Waals surface area contributed by atoms with Gasteiger partial charge in [-0.1, -0.05) is 17.7 Å². The number of halogens is 1. The fourth-order valence-corrected chi connectivity index (χ4v) is 4.61. The Balaban J connectivity index is 1.74. The third kappa shape index (κ3) is 4.62. The summed E-state index contributed by atoms with van der Waals surface area (Å²) in [5.74, 6) is -1.70. The van der Waals surface area contributed by atoms with E-state index in [9.17, 15) is 19.5 Å². The van der Waals surface area contributed by atoms with E-state index in [-0.39, 0.29) is 21.3 Å². The van der Waals surface area contributed by atoms with Crippen molar-refractivity contribution >= 4 is 58.5 Å². The molecular weight excluding hydrogens is 502 g/mol. The lowest BCUT2D eigenvalue weighted by molar-refractivity contribution is -0.122. The summed E-state index contributed by atoms with van der Waals surface area (Å²) in [4.78, 5) is 38.8. The SMILES string of the molecule is CCOc1cccc(N2C(=O)/C(=C/c3cc(C)n(-c4ccc(C(=O)O)c(Cl)c4)c3C)C(=O)NC2=S)c1. The van der Waals surface area contributed by atoms with Crippen LogP contribution in [-0.2, 0) is 9.59 Å². The molecule has 184 valence electrons. The van der Waals surface area contributed by atoms with E-state index in [1.807, 2.05) is 31.4 Å². The average molecular weight is 524 g/mol. The number of aromatic carboxylic acids is 1. The number of carbonyl (C=O) groups is 3. The Kier molecular flexibility index (Phi) is 6.96. The number of carboxylic acid groups (broad SMARTS) is 1. The summed E-state index contributed by atoms with van der Waals surface area (Å²) >= 11 is 11.5. The Morgan fingerprint density at radius 3 is 2.56 bits per heavy atom. The minimum Gasteiger partial charge on any atom is -0.494 e. The fraction of sp³-hybridized carbons (Fsp3) is 0.154. The Morgan fingerprint density at radius 1 is 1.14 bits per heavy atom. The molecule has 1 saturated heterocycles. The fourth-order valence-electron chi connectivity index (χ4n) is 4.07. The Labute approximate surface area is 217 Å². The van der Waals surface area contributed by atoms with Gasteiger partial charge in [-0.05, 0) is 81.0 Å². The van der Waals surface area contributed by atoms with Crippen LogP contribution in [0, 0.1) is 13.8 Å². The first kappa shape index (κ1) is 25.2. The van der Waals surface area contributed by atoms with E-state index in [0.717, 1.165) is 11.4 Å². The largest absolute Gasteiger partial charge is 0.494 e. The maximum absolute atomic E-state index is 13.4. The number of aryl methyl sites for hydroxylation is 1. The standard InChI is InChI=1S/C26H22ClN3O5S/c1-4-35-19-7-5-6-17(12-19)30-24(32)21(23(31)28-26(30)36)11-16-10-14(2)29(15(16)3)18-8-9-20(25(33)34)22(27)13-18/h5-13H,4H2,1-3H3,(H,33,34)(H,28,31,36)/b21-11+. The summed E-state index contributed by atoms with van der Waals surface area (Å²) < 4.78 is 7.39. The number of carbonyl (C=O) groups excluding carboxylic acids is 2. The number of hydrogen-bond donors (Lipinski definition) is 2. The first-order valence-electron chi connectivity index (χ1n) is 11.0. The number of thiocarbonyl (C=S) groups is 1. The van der Waals surface area contributed by atoms with E-state index in [1.54, 1.807) is 36.4 Å². The zero-order valence-corrected chi connectivity index (χ0v) is 21.2. The third-order valence-electron chi connectivity index (χ3n) is 5.70. The van der Waals surface area contributed by atoms with Crippen LogP contribution >= 0.6 is 23.8 Å². The molecule has 2 heterocycles. The number of carboxylic acids is 1. The van der Waals surface area contributed by atoms with Crippen LogP contribution in [0.4, 0.5) is 5.69 Å². The molecule has 0 unspecified atom stereocenters. The second-order valence-corrected chi connectivity index (χ2v) is 8.81. The highest BCUT2D eigenvalue weighted by atomic mass is 35.5. The molecule has 1 aliphatic rings. The number of anilines is 1. The minimum absolute atomic E-state index is 0.000777. The predicted molar refractivity (Wildman–Crippen MR) is 141 cm³/mol. The van der Waals surface area contributed by atoms with Crippen molar-refractivity contribution in [1.29, 1.82) is 0 Å². The summed E-state index contributed by atoms with van der Waals surface area (Å²) in [5.41, 5.74) is 3.22. The van der Waals surface area contributed by atoms with Gasteiger partial charge >= 0.3 is 5.97 Å². The highest BCUT2D eigenvalue weighted by Gasteiger charge is 2.35. The number of amides is 2. The van der Waals surface area contributed by atoms with Gasteiger partial charge in [0.2, 0.25) is 0 Å². The number of aromatic nitrogens is 1. The monoisotopic (exact) mass is 523 g/mol. The summed E-state index contributed by atoms with van der Waals surface area (Å²) in [6.07, 6.45) is 1.52. The molecule has 8 nitrogen and oxygen atoms in total. The van der Waals surface area contributed by atoms with Gasteiger partial charge in [0.05, 0.1) is 22.9 Å². The quantitative estimate of drug-likeness (QED) is 0.276. The van der Waals surface area contributed by atoms with Gasteiger partial charge in [-0.25, -0.2) is 4.79 Å². The van der Waals surface area contributed by atoms with Crippen LogP contribution in [0.25, 0.3) is 11.8 Å². The van der Waals surface area contributed by atoms with Crippen molar-refractivity contribution in [2.75, 3.05) is 11.5 Å². The summed E-state index contributed by atoms with van der Waals surface area (Å²) in [5, 5.41) is 11.9. The summed E-state index contributed by atoms with van der Waals surface area (Å²) in [6, 6.07) is 13.4. The van der Waals surface area contributed by atoms with Crippen molar-refractivity contribution in [3.8, 4) is 11.4 Å². The third-order valence-corrected chi connectivity index (χ3v) is 6.30. The van der Waals surface area contributed by atoms with E-state index in [0.29, 0.717) is 29.3 Å². The molecule has 0 radical (unpaired) electrons. The number of nitrogens with zero attached hydrogens (tertiary/aromatic N) is 2. The van der Waals surface area contributed by atoms with Gasteiger partial charge in [-0.15, -0.1) is 0 Å². The molecule has 1 fully saturated rings. The van der Waals surface area contributed by atoms with Gasteiger partial charge < -0.3 is 14.4 Å². The predicted octanol–water partition coefficient (Wildman–Crippen LogP) is 4.68. The van der Waals surface area contributed by atoms with E-state index >= 15 is 0 Å². The van der Waals surface area contributed by atoms with Gasteiger partial charge in [0, 0.05) is 23.1 Å². The highest BCUT2D eigenvalue weighted by Crippen LogP contribution is 2.29. The summed E-state index contributed by atoms with van der Waals surface area (Å²) in [7, 11) is 0. The van der Waals surface area contributed by atoms with Crippen LogP contribution in [0.1, 0.15) is 34.2 Å². The molecule has 1 aliphatic heterocycles. The molecule has 2 amide bonds. The second kappa shape index (κ2) is 9.96. The number of benzene rings is 2. The normalized spacial score (nSPS) is 14.8. The smallest absolute Gasteiger partial charge is 0.337 e. The summed E-state index contributed by atoms with van der Waals surface area (Å²) in [6.45, 7) is 6.01. The van der Waals surface area contributed by atoms with Crippen molar-refractivity contribution in [2.45, 2.75) is 20.8 Å². The lowest BCUT2D eigenvalue weighted by Gasteiger charge is -2.29. The topological polar surface area (TPSA) is 101 Å². The van der Waals surface area contributed by atoms with E-state index < -0.39 is 17.8 Å². The first-order chi connectivity index (χ1) is 17.1. The zero-order valence-electron chi connectivity index (χ0n) is 19.7. The van der Waals surface area contributed by atoms with Crippen molar-refractivity contribution in [2.24, 2.45) is 0 Å². The molecule has 2 N–H and O–H groups in total. The van der Waals surface area contributed by atoms with Crippen LogP contribution in [0.2, 0.25) is 5.02 Å². The molecule has 1 aromatic heterocycles. The molecule has 3 aromatic rings. The van der Waals surface area contributed by atoms with Crippen molar-refractivity contribution in [3.05, 3.63) is 81.6 Å². The van der Waals surface area contributed by atoms with Crippen LogP contribution < -0.4 is 15.0 Å². The Hall–Kier alpha value is -3.95. The molecule has 0 atom stereocenters. The van der Waals surface area contributed by atoms with Crippen LogP contribution in [0.5, 0.6) is 5.75 Å². The van der Waals surface area contributed by atoms with Gasteiger partial charge in [-0.3, -0.25) is 19.8 Å².